The lowest BCUT2D eigenvalue weighted by Crippen LogP contribution is -2.03. The Morgan fingerprint density at radius 3 is 3.00 bits per heavy atom. The van der Waals surface area contributed by atoms with Gasteiger partial charge < -0.3 is 5.73 Å². The van der Waals surface area contributed by atoms with Gasteiger partial charge in [0, 0.05) is 17.3 Å². The zero-order chi connectivity index (χ0) is 10.7. The average Bonchev–Trinajstić information content (AvgIpc) is 2.26. The van der Waals surface area contributed by atoms with Crippen LogP contribution in [0.3, 0.4) is 0 Å². The van der Waals surface area contributed by atoms with Crippen molar-refractivity contribution in [3.05, 3.63) is 42.1 Å². The van der Waals surface area contributed by atoms with Crippen molar-refractivity contribution in [2.45, 2.75) is 5.75 Å². The fourth-order valence-corrected chi connectivity index (χ4v) is 2.01. The Bertz CT molecular complexity index is 491. The maximum Gasteiger partial charge on any atom is 0.151 e. The van der Waals surface area contributed by atoms with E-state index >= 15 is 0 Å². The van der Waals surface area contributed by atoms with Gasteiger partial charge in [0.2, 0.25) is 0 Å². The minimum atomic E-state index is 0.149. The Morgan fingerprint density at radius 2 is 2.20 bits per heavy atom. The number of hydrogen-bond acceptors (Lipinski definition) is 3. The van der Waals surface area contributed by atoms with E-state index in [4.69, 9.17) is 11.1 Å². The first-order valence-corrected chi connectivity index (χ1v) is 5.55. The molecule has 2 rings (SSSR count). The average molecular weight is 217 g/mol. The summed E-state index contributed by atoms with van der Waals surface area (Å²) < 4.78 is 0. The molecule has 0 saturated carbocycles. The molecule has 1 aromatic heterocycles. The van der Waals surface area contributed by atoms with E-state index in [0.29, 0.717) is 0 Å². The third kappa shape index (κ3) is 2.27. The molecule has 0 unspecified atom stereocenters. The number of hydrogen-bond donors (Lipinski definition) is 2. The van der Waals surface area contributed by atoms with Crippen LogP contribution in [-0.2, 0) is 5.75 Å². The van der Waals surface area contributed by atoms with Crippen molar-refractivity contribution < 1.29 is 0 Å². The zero-order valence-corrected chi connectivity index (χ0v) is 8.92. The molecule has 0 atom stereocenters. The highest BCUT2D eigenvalue weighted by Gasteiger charge is 2.01. The van der Waals surface area contributed by atoms with Gasteiger partial charge in [-0.1, -0.05) is 30.0 Å². The molecule has 0 aliphatic heterocycles. The Morgan fingerprint density at radius 1 is 1.33 bits per heavy atom. The monoisotopic (exact) mass is 217 g/mol. The summed E-state index contributed by atoms with van der Waals surface area (Å²) in [6.45, 7) is 0. The Balaban J connectivity index is 2.38. The Labute approximate surface area is 92.2 Å². The van der Waals surface area contributed by atoms with Crippen LogP contribution in [0.25, 0.3) is 10.9 Å². The van der Waals surface area contributed by atoms with Crippen LogP contribution in [-0.4, -0.2) is 10.2 Å². The molecule has 0 amide bonds. The van der Waals surface area contributed by atoms with Gasteiger partial charge in [0.15, 0.2) is 5.17 Å². The predicted molar refractivity (Wildman–Crippen MR) is 65.0 cm³/mol. The van der Waals surface area contributed by atoms with Gasteiger partial charge in [-0.05, 0) is 17.7 Å². The zero-order valence-electron chi connectivity index (χ0n) is 8.10. The second kappa shape index (κ2) is 4.31. The SMILES string of the molecule is N=C(N)SCc1cccc2ncccc12. The summed E-state index contributed by atoms with van der Waals surface area (Å²) in [5, 5.41) is 8.46. The van der Waals surface area contributed by atoms with Crippen LogP contribution in [0.1, 0.15) is 5.56 Å². The normalized spacial score (nSPS) is 10.4. The Hall–Kier alpha value is -1.55. The molecular formula is C11H11N3S. The van der Waals surface area contributed by atoms with Crippen LogP contribution < -0.4 is 5.73 Å². The summed E-state index contributed by atoms with van der Waals surface area (Å²) in [5.74, 6) is 0.721. The second-order valence-corrected chi connectivity index (χ2v) is 4.16. The highest BCUT2D eigenvalue weighted by atomic mass is 32.2. The number of benzene rings is 1. The van der Waals surface area contributed by atoms with E-state index in [9.17, 15) is 0 Å². The van der Waals surface area contributed by atoms with Crippen LogP contribution in [0, 0.1) is 5.41 Å². The number of nitrogens with one attached hydrogen (secondary N) is 1. The number of pyridine rings is 1. The maximum absolute atomic E-state index is 7.18. The molecule has 15 heavy (non-hydrogen) atoms. The first-order chi connectivity index (χ1) is 7.27. The smallest absolute Gasteiger partial charge is 0.151 e. The van der Waals surface area contributed by atoms with Crippen LogP contribution in [0.15, 0.2) is 36.5 Å². The highest BCUT2D eigenvalue weighted by Crippen LogP contribution is 2.20. The van der Waals surface area contributed by atoms with Crippen molar-refractivity contribution in [3.8, 4) is 0 Å². The van der Waals surface area contributed by atoms with Gasteiger partial charge in [-0.3, -0.25) is 10.4 Å². The molecule has 1 heterocycles. The van der Waals surface area contributed by atoms with E-state index in [1.54, 1.807) is 6.20 Å². The number of thioether (sulfide) groups is 1. The summed E-state index contributed by atoms with van der Waals surface area (Å²) in [7, 11) is 0. The van der Waals surface area contributed by atoms with E-state index < -0.39 is 0 Å². The molecule has 2 aromatic rings. The first kappa shape index (κ1) is 9.98. The Kier molecular flexibility index (Phi) is 2.87. The molecular weight excluding hydrogens is 206 g/mol. The summed E-state index contributed by atoms with van der Waals surface area (Å²) in [4.78, 5) is 4.27. The lowest BCUT2D eigenvalue weighted by molar-refractivity contribution is 1.38. The molecule has 1 aromatic carbocycles. The molecule has 0 saturated heterocycles. The second-order valence-electron chi connectivity index (χ2n) is 3.14. The number of rotatable bonds is 2. The molecule has 0 aliphatic rings. The maximum atomic E-state index is 7.18. The third-order valence-corrected chi connectivity index (χ3v) is 2.89. The van der Waals surface area contributed by atoms with Gasteiger partial charge >= 0.3 is 0 Å². The number of nitrogens with two attached hydrogens (primary N) is 1. The van der Waals surface area contributed by atoms with Gasteiger partial charge in [-0.25, -0.2) is 0 Å². The van der Waals surface area contributed by atoms with Crippen LogP contribution >= 0.6 is 11.8 Å². The van der Waals surface area contributed by atoms with Crippen molar-refractivity contribution >= 4 is 27.8 Å². The molecule has 0 fully saturated rings. The van der Waals surface area contributed by atoms with Crippen molar-refractivity contribution in [1.29, 1.82) is 5.41 Å². The van der Waals surface area contributed by atoms with Gasteiger partial charge in [0.25, 0.3) is 0 Å². The van der Waals surface area contributed by atoms with E-state index in [0.717, 1.165) is 16.7 Å². The van der Waals surface area contributed by atoms with Crippen molar-refractivity contribution in [3.63, 3.8) is 0 Å². The molecule has 4 heteroatoms. The molecule has 0 bridgehead atoms. The van der Waals surface area contributed by atoms with Crippen LogP contribution in [0.2, 0.25) is 0 Å². The lowest BCUT2D eigenvalue weighted by atomic mass is 10.1. The topological polar surface area (TPSA) is 62.8 Å². The summed E-state index contributed by atoms with van der Waals surface area (Å²) in [6.07, 6.45) is 1.78. The number of fused-ring (bicyclic) bond motifs is 1. The number of amidine groups is 1. The van der Waals surface area contributed by atoms with E-state index in [1.807, 2.05) is 30.3 Å². The molecule has 0 aliphatic carbocycles. The largest absolute Gasteiger partial charge is 0.379 e. The molecule has 76 valence electrons. The van der Waals surface area contributed by atoms with E-state index in [1.165, 1.54) is 17.3 Å². The summed E-state index contributed by atoms with van der Waals surface area (Å²) in [5.41, 5.74) is 7.47. The lowest BCUT2D eigenvalue weighted by Gasteiger charge is -2.04. The fraction of sp³-hybridized carbons (Fsp3) is 0.0909. The molecule has 0 spiro atoms. The minimum absolute atomic E-state index is 0.149. The van der Waals surface area contributed by atoms with Gasteiger partial charge in [-0.15, -0.1) is 0 Å². The molecule has 0 radical (unpaired) electrons. The standard InChI is InChI=1S/C11H11N3S/c12-11(13)15-7-8-3-1-5-10-9(8)4-2-6-14-10/h1-6H,7H2,(H3,12,13). The summed E-state index contributed by atoms with van der Waals surface area (Å²) >= 11 is 1.33. The van der Waals surface area contributed by atoms with Gasteiger partial charge in [0.1, 0.15) is 0 Å². The fourth-order valence-electron chi connectivity index (χ4n) is 1.45. The van der Waals surface area contributed by atoms with Gasteiger partial charge in [0.05, 0.1) is 5.52 Å². The molecule has 3 nitrogen and oxygen atoms in total. The van der Waals surface area contributed by atoms with Crippen LogP contribution in [0.4, 0.5) is 0 Å². The highest BCUT2D eigenvalue weighted by molar-refractivity contribution is 8.13. The van der Waals surface area contributed by atoms with Gasteiger partial charge in [-0.2, -0.15) is 0 Å². The number of aromatic nitrogens is 1. The van der Waals surface area contributed by atoms with Crippen molar-refractivity contribution in [2.75, 3.05) is 0 Å². The first-order valence-electron chi connectivity index (χ1n) is 4.57. The van der Waals surface area contributed by atoms with Crippen molar-refractivity contribution in [1.82, 2.24) is 4.98 Å². The quantitative estimate of drug-likeness (QED) is 0.599. The minimum Gasteiger partial charge on any atom is -0.379 e. The van der Waals surface area contributed by atoms with E-state index in [-0.39, 0.29) is 5.17 Å². The molecule has 3 N–H and O–H groups in total. The third-order valence-electron chi connectivity index (χ3n) is 2.12. The van der Waals surface area contributed by atoms with Crippen molar-refractivity contribution in [2.24, 2.45) is 5.73 Å². The predicted octanol–water partition coefficient (Wildman–Crippen LogP) is 2.36. The number of nitrogens with zero attached hydrogens (tertiary/aromatic N) is 1. The van der Waals surface area contributed by atoms with E-state index in [2.05, 4.69) is 4.98 Å². The van der Waals surface area contributed by atoms with Crippen LogP contribution in [0.5, 0.6) is 0 Å². The summed E-state index contributed by atoms with van der Waals surface area (Å²) in [6, 6.07) is 9.96.